The van der Waals surface area contributed by atoms with Gasteiger partial charge in [-0.3, -0.25) is 4.68 Å². The van der Waals surface area contributed by atoms with E-state index in [1.807, 2.05) is 30.8 Å². The minimum absolute atomic E-state index is 0.457. The van der Waals surface area contributed by atoms with Crippen molar-refractivity contribution >= 4 is 17.6 Å². The van der Waals surface area contributed by atoms with Gasteiger partial charge in [0.2, 0.25) is 5.95 Å². The second-order valence-electron chi connectivity index (χ2n) is 8.05. The third-order valence-corrected chi connectivity index (χ3v) is 5.31. The molecule has 0 amide bonds. The standard InChI is InChI=1S/C20H33N7/c1-6-16-13-27(12-14(2)3)10-8-17(16)22-18-7-9-21-20(23-18)24-19-11-15(4)26(5)25-19/h7,9,11,14,16-17H,6,8,10,12-13H2,1-5H3,(H2,21,22,23,24,25). The van der Waals surface area contributed by atoms with Gasteiger partial charge in [-0.1, -0.05) is 27.2 Å². The number of rotatable bonds is 7. The van der Waals surface area contributed by atoms with Crippen LogP contribution in [0.15, 0.2) is 18.3 Å². The summed E-state index contributed by atoms with van der Waals surface area (Å²) in [5, 5.41) is 11.3. The molecule has 148 valence electrons. The molecule has 7 heteroatoms. The van der Waals surface area contributed by atoms with Crippen LogP contribution in [0.2, 0.25) is 0 Å². The summed E-state index contributed by atoms with van der Waals surface area (Å²) >= 11 is 0. The van der Waals surface area contributed by atoms with Crippen molar-refractivity contribution in [1.29, 1.82) is 0 Å². The molecule has 0 saturated carbocycles. The summed E-state index contributed by atoms with van der Waals surface area (Å²) in [7, 11) is 1.93. The number of nitrogens with zero attached hydrogens (tertiary/aromatic N) is 5. The third kappa shape index (κ3) is 5.19. The average Bonchev–Trinajstić information content (AvgIpc) is 2.93. The molecule has 0 aliphatic carbocycles. The fourth-order valence-electron chi connectivity index (χ4n) is 3.82. The first-order chi connectivity index (χ1) is 12.9. The summed E-state index contributed by atoms with van der Waals surface area (Å²) in [6.45, 7) is 12.4. The minimum Gasteiger partial charge on any atom is -0.367 e. The average molecular weight is 372 g/mol. The summed E-state index contributed by atoms with van der Waals surface area (Å²) < 4.78 is 1.83. The van der Waals surface area contributed by atoms with E-state index in [2.05, 4.69) is 51.4 Å². The van der Waals surface area contributed by atoms with E-state index in [-0.39, 0.29) is 0 Å². The molecular formula is C20H33N7. The number of nitrogens with one attached hydrogen (secondary N) is 2. The zero-order chi connectivity index (χ0) is 19.4. The van der Waals surface area contributed by atoms with E-state index in [0.29, 0.717) is 17.9 Å². The van der Waals surface area contributed by atoms with E-state index in [1.165, 1.54) is 13.0 Å². The maximum Gasteiger partial charge on any atom is 0.230 e. The van der Waals surface area contributed by atoms with Gasteiger partial charge in [-0.25, -0.2) is 4.98 Å². The first-order valence-corrected chi connectivity index (χ1v) is 10.0. The fourth-order valence-corrected chi connectivity index (χ4v) is 3.82. The van der Waals surface area contributed by atoms with Crippen molar-refractivity contribution in [2.45, 2.75) is 46.6 Å². The van der Waals surface area contributed by atoms with Crippen molar-refractivity contribution in [3.63, 3.8) is 0 Å². The van der Waals surface area contributed by atoms with Gasteiger partial charge in [0.25, 0.3) is 0 Å². The van der Waals surface area contributed by atoms with Gasteiger partial charge in [0.1, 0.15) is 5.82 Å². The van der Waals surface area contributed by atoms with Gasteiger partial charge in [0, 0.05) is 50.7 Å². The second-order valence-corrected chi connectivity index (χ2v) is 8.05. The van der Waals surface area contributed by atoms with Gasteiger partial charge >= 0.3 is 0 Å². The molecule has 0 spiro atoms. The van der Waals surface area contributed by atoms with Crippen molar-refractivity contribution in [1.82, 2.24) is 24.6 Å². The quantitative estimate of drug-likeness (QED) is 0.777. The SMILES string of the molecule is CCC1CN(CC(C)C)CCC1Nc1ccnc(Nc2cc(C)n(C)n2)n1. The molecule has 3 heterocycles. The molecule has 1 saturated heterocycles. The molecule has 0 radical (unpaired) electrons. The minimum atomic E-state index is 0.457. The van der Waals surface area contributed by atoms with Gasteiger partial charge in [-0.2, -0.15) is 10.1 Å². The molecule has 3 rings (SSSR count). The number of hydrogen-bond donors (Lipinski definition) is 2. The van der Waals surface area contributed by atoms with Crippen molar-refractivity contribution < 1.29 is 0 Å². The Bertz CT molecular complexity index is 720. The number of hydrogen-bond acceptors (Lipinski definition) is 6. The molecule has 1 aliphatic heterocycles. The van der Waals surface area contributed by atoms with Gasteiger partial charge in [-0.15, -0.1) is 0 Å². The Morgan fingerprint density at radius 3 is 2.78 bits per heavy atom. The number of anilines is 3. The van der Waals surface area contributed by atoms with E-state index >= 15 is 0 Å². The predicted molar refractivity (Wildman–Crippen MR) is 110 cm³/mol. The molecule has 2 atom stereocenters. The number of aromatic nitrogens is 4. The molecule has 0 bridgehead atoms. The fraction of sp³-hybridized carbons (Fsp3) is 0.650. The normalized spacial score (nSPS) is 20.8. The molecule has 0 aromatic carbocycles. The van der Waals surface area contributed by atoms with E-state index < -0.39 is 0 Å². The highest BCUT2D eigenvalue weighted by Gasteiger charge is 2.28. The lowest BCUT2D eigenvalue weighted by Gasteiger charge is -2.39. The third-order valence-electron chi connectivity index (χ3n) is 5.31. The lowest BCUT2D eigenvalue weighted by Crippen LogP contribution is -2.47. The summed E-state index contributed by atoms with van der Waals surface area (Å²) in [4.78, 5) is 11.6. The van der Waals surface area contributed by atoms with Crippen LogP contribution in [0.3, 0.4) is 0 Å². The Balaban J connectivity index is 1.63. The summed E-state index contributed by atoms with van der Waals surface area (Å²) in [6, 6.07) is 4.39. The monoisotopic (exact) mass is 371 g/mol. The topological polar surface area (TPSA) is 70.9 Å². The number of aryl methyl sites for hydroxylation is 2. The lowest BCUT2D eigenvalue weighted by atomic mass is 9.89. The second kappa shape index (κ2) is 8.69. The zero-order valence-electron chi connectivity index (χ0n) is 17.2. The van der Waals surface area contributed by atoms with Gasteiger partial charge in [0.15, 0.2) is 5.82 Å². The van der Waals surface area contributed by atoms with Crippen LogP contribution in [0.5, 0.6) is 0 Å². The molecule has 2 aromatic heterocycles. The van der Waals surface area contributed by atoms with Crippen molar-refractivity contribution in [2.24, 2.45) is 18.9 Å². The lowest BCUT2D eigenvalue weighted by molar-refractivity contribution is 0.145. The van der Waals surface area contributed by atoms with Crippen LogP contribution in [-0.2, 0) is 7.05 Å². The Morgan fingerprint density at radius 2 is 2.11 bits per heavy atom. The van der Waals surface area contributed by atoms with Crippen LogP contribution in [0.4, 0.5) is 17.6 Å². The summed E-state index contributed by atoms with van der Waals surface area (Å²) in [5.74, 6) is 3.57. The van der Waals surface area contributed by atoms with Crippen molar-refractivity contribution in [3.8, 4) is 0 Å². The van der Waals surface area contributed by atoms with Gasteiger partial charge < -0.3 is 15.5 Å². The first kappa shape index (κ1) is 19.6. The molecule has 27 heavy (non-hydrogen) atoms. The van der Waals surface area contributed by atoms with E-state index in [4.69, 9.17) is 0 Å². The Labute approximate surface area is 162 Å². The highest BCUT2D eigenvalue weighted by molar-refractivity contribution is 5.50. The van der Waals surface area contributed by atoms with Gasteiger partial charge in [0.05, 0.1) is 0 Å². The zero-order valence-corrected chi connectivity index (χ0v) is 17.2. The molecule has 2 N–H and O–H groups in total. The van der Waals surface area contributed by atoms with Crippen molar-refractivity contribution in [3.05, 3.63) is 24.0 Å². The van der Waals surface area contributed by atoms with Crippen molar-refractivity contribution in [2.75, 3.05) is 30.3 Å². The maximum atomic E-state index is 4.64. The smallest absolute Gasteiger partial charge is 0.230 e. The van der Waals surface area contributed by atoms with E-state index in [0.717, 1.165) is 42.8 Å². The first-order valence-electron chi connectivity index (χ1n) is 10.0. The van der Waals surface area contributed by atoms with Crippen LogP contribution in [0.25, 0.3) is 0 Å². The molecule has 1 aliphatic rings. The highest BCUT2D eigenvalue weighted by Crippen LogP contribution is 2.24. The van der Waals surface area contributed by atoms with Gasteiger partial charge in [-0.05, 0) is 31.2 Å². The van der Waals surface area contributed by atoms with E-state index in [1.54, 1.807) is 6.20 Å². The number of likely N-dealkylation sites (tertiary alicyclic amines) is 1. The highest BCUT2D eigenvalue weighted by atomic mass is 15.3. The maximum absolute atomic E-state index is 4.64. The van der Waals surface area contributed by atoms with Crippen LogP contribution < -0.4 is 10.6 Å². The molecular weight excluding hydrogens is 338 g/mol. The summed E-state index contributed by atoms with van der Waals surface area (Å²) in [5.41, 5.74) is 1.09. The number of piperidine rings is 1. The Morgan fingerprint density at radius 1 is 1.30 bits per heavy atom. The molecule has 7 nitrogen and oxygen atoms in total. The Kier molecular flexibility index (Phi) is 6.31. The van der Waals surface area contributed by atoms with Crippen LogP contribution in [-0.4, -0.2) is 50.3 Å². The van der Waals surface area contributed by atoms with Crippen LogP contribution in [0.1, 0.15) is 39.3 Å². The van der Waals surface area contributed by atoms with E-state index in [9.17, 15) is 0 Å². The van der Waals surface area contributed by atoms with Crippen LogP contribution in [0, 0.1) is 18.8 Å². The summed E-state index contributed by atoms with van der Waals surface area (Å²) in [6.07, 6.45) is 4.12. The largest absolute Gasteiger partial charge is 0.367 e. The Hall–Kier alpha value is -2.15. The predicted octanol–water partition coefficient (Wildman–Crippen LogP) is 3.43. The molecule has 1 fully saturated rings. The molecule has 2 aromatic rings. The van der Waals surface area contributed by atoms with Crippen LogP contribution >= 0.6 is 0 Å². The molecule has 2 unspecified atom stereocenters.